The molecule has 2 heterocycles. The Kier molecular flexibility index (Phi) is 5.67. The normalized spacial score (nSPS) is 11.9. The number of carbonyl (C=O) groups excluding carboxylic acids is 1. The zero-order valence-corrected chi connectivity index (χ0v) is 16.9. The number of nitrogens with one attached hydrogen (secondary N) is 2. The summed E-state index contributed by atoms with van der Waals surface area (Å²) in [6.45, 7) is 3.93. The molecule has 2 N–H and O–H groups in total. The maximum Gasteiger partial charge on any atom is 0.320 e. The predicted molar refractivity (Wildman–Crippen MR) is 108 cm³/mol. The Morgan fingerprint density at radius 1 is 1.21 bits per heavy atom. The summed E-state index contributed by atoms with van der Waals surface area (Å²) in [5.41, 5.74) is 3.47. The van der Waals surface area contributed by atoms with Crippen molar-refractivity contribution >= 4 is 11.8 Å². The average molecular weight is 382 g/mol. The first-order chi connectivity index (χ1) is 13.5. The van der Waals surface area contributed by atoms with Gasteiger partial charge >= 0.3 is 6.03 Å². The molecule has 8 nitrogen and oxygen atoms in total. The second-order valence-electron chi connectivity index (χ2n) is 6.57. The fraction of sp³-hybridized carbons (Fsp3) is 0.350. The van der Waals surface area contributed by atoms with Crippen LogP contribution in [0.4, 0.5) is 10.6 Å². The minimum Gasteiger partial charge on any atom is -0.496 e. The van der Waals surface area contributed by atoms with E-state index in [4.69, 9.17) is 4.74 Å². The molecule has 8 heteroatoms. The molecule has 0 aliphatic carbocycles. The van der Waals surface area contributed by atoms with E-state index in [9.17, 15) is 4.79 Å². The second kappa shape index (κ2) is 8.16. The maximum atomic E-state index is 12.8. The van der Waals surface area contributed by atoms with E-state index in [1.165, 1.54) is 0 Å². The summed E-state index contributed by atoms with van der Waals surface area (Å²) in [6, 6.07) is 9.15. The molecule has 1 unspecified atom stereocenters. The van der Waals surface area contributed by atoms with Gasteiger partial charge < -0.3 is 10.1 Å². The quantitative estimate of drug-likeness (QED) is 0.684. The number of hydrogen-bond donors (Lipinski definition) is 2. The Bertz CT molecular complexity index is 975. The minimum atomic E-state index is -0.299. The Labute approximate surface area is 164 Å². The summed E-state index contributed by atoms with van der Waals surface area (Å²) in [5.74, 6) is 1.34. The molecule has 148 valence electrons. The second-order valence-corrected chi connectivity index (χ2v) is 6.57. The Morgan fingerprint density at radius 2 is 1.96 bits per heavy atom. The molecule has 0 radical (unpaired) electrons. The van der Waals surface area contributed by atoms with E-state index in [2.05, 4.69) is 20.8 Å². The van der Waals surface area contributed by atoms with Crippen molar-refractivity contribution in [2.24, 2.45) is 14.1 Å². The number of nitrogens with zero attached hydrogens (tertiary/aromatic N) is 4. The van der Waals surface area contributed by atoms with Gasteiger partial charge in [-0.3, -0.25) is 14.7 Å². The molecule has 1 aromatic carbocycles. The van der Waals surface area contributed by atoms with Gasteiger partial charge in [-0.05, 0) is 25.5 Å². The van der Waals surface area contributed by atoms with Gasteiger partial charge in [-0.25, -0.2) is 4.79 Å². The van der Waals surface area contributed by atoms with E-state index < -0.39 is 0 Å². The first kappa shape index (κ1) is 19.5. The number of para-hydroxylation sites is 1. The van der Waals surface area contributed by atoms with Crippen molar-refractivity contribution in [2.45, 2.75) is 26.3 Å². The van der Waals surface area contributed by atoms with Crippen molar-refractivity contribution in [1.29, 1.82) is 0 Å². The molecule has 0 bridgehead atoms. The van der Waals surface area contributed by atoms with Gasteiger partial charge in [-0.1, -0.05) is 25.1 Å². The molecule has 2 amide bonds. The third kappa shape index (κ3) is 3.71. The van der Waals surface area contributed by atoms with Gasteiger partial charge in [-0.15, -0.1) is 0 Å². The Balaban J connectivity index is 1.88. The molecule has 3 aromatic rings. The molecule has 0 saturated heterocycles. The van der Waals surface area contributed by atoms with Gasteiger partial charge in [0.15, 0.2) is 0 Å². The fourth-order valence-corrected chi connectivity index (χ4v) is 3.39. The summed E-state index contributed by atoms with van der Waals surface area (Å²) in [4.78, 5) is 12.8. The number of methoxy groups -OCH3 is 1. The van der Waals surface area contributed by atoms with Crippen molar-refractivity contribution in [3.8, 4) is 16.9 Å². The highest BCUT2D eigenvalue weighted by molar-refractivity contribution is 5.94. The van der Waals surface area contributed by atoms with E-state index >= 15 is 0 Å². The third-order valence-corrected chi connectivity index (χ3v) is 4.76. The molecule has 2 aromatic heterocycles. The predicted octanol–water partition coefficient (Wildman–Crippen LogP) is 3.41. The van der Waals surface area contributed by atoms with E-state index in [0.29, 0.717) is 5.82 Å². The lowest BCUT2D eigenvalue weighted by Crippen LogP contribution is -2.34. The number of aryl methyl sites for hydroxylation is 3. The third-order valence-electron chi connectivity index (χ3n) is 4.76. The van der Waals surface area contributed by atoms with Crippen LogP contribution < -0.4 is 15.4 Å². The number of anilines is 1. The van der Waals surface area contributed by atoms with E-state index in [-0.39, 0.29) is 12.1 Å². The average Bonchev–Trinajstić information content (AvgIpc) is 3.22. The number of urea groups is 1. The lowest BCUT2D eigenvalue weighted by atomic mass is 10.0. The summed E-state index contributed by atoms with van der Waals surface area (Å²) >= 11 is 0. The van der Waals surface area contributed by atoms with Crippen molar-refractivity contribution in [2.75, 3.05) is 12.4 Å². The fourth-order valence-electron chi connectivity index (χ4n) is 3.39. The zero-order valence-electron chi connectivity index (χ0n) is 16.9. The van der Waals surface area contributed by atoms with Crippen LogP contribution in [0, 0.1) is 6.92 Å². The van der Waals surface area contributed by atoms with E-state index in [1.807, 2.05) is 51.2 Å². The highest BCUT2D eigenvalue weighted by Crippen LogP contribution is 2.37. The van der Waals surface area contributed by atoms with Crippen LogP contribution in [-0.2, 0) is 14.1 Å². The Hall–Kier alpha value is -3.29. The van der Waals surface area contributed by atoms with Gasteiger partial charge in [0.1, 0.15) is 11.6 Å². The maximum absolute atomic E-state index is 12.8. The monoisotopic (exact) mass is 382 g/mol. The van der Waals surface area contributed by atoms with Crippen LogP contribution in [0.1, 0.15) is 30.8 Å². The molecule has 0 aliphatic heterocycles. The van der Waals surface area contributed by atoms with Gasteiger partial charge in [-0.2, -0.15) is 10.2 Å². The highest BCUT2D eigenvalue weighted by atomic mass is 16.5. The molecule has 0 spiro atoms. The Morgan fingerprint density at radius 3 is 2.61 bits per heavy atom. The summed E-state index contributed by atoms with van der Waals surface area (Å²) in [6.07, 6.45) is 2.47. The van der Waals surface area contributed by atoms with Gasteiger partial charge in [0.05, 0.1) is 30.1 Å². The van der Waals surface area contributed by atoms with Gasteiger partial charge in [0.2, 0.25) is 0 Å². The first-order valence-corrected chi connectivity index (χ1v) is 9.18. The number of benzene rings is 1. The van der Waals surface area contributed by atoms with Crippen LogP contribution in [0.5, 0.6) is 5.75 Å². The van der Waals surface area contributed by atoms with Crippen molar-refractivity contribution < 1.29 is 9.53 Å². The topological polar surface area (TPSA) is 86.0 Å². The summed E-state index contributed by atoms with van der Waals surface area (Å²) in [5, 5.41) is 14.6. The molecule has 28 heavy (non-hydrogen) atoms. The lowest BCUT2D eigenvalue weighted by Gasteiger charge is -2.18. The highest BCUT2D eigenvalue weighted by Gasteiger charge is 2.22. The van der Waals surface area contributed by atoms with Crippen molar-refractivity contribution in [3.05, 3.63) is 47.9 Å². The van der Waals surface area contributed by atoms with Crippen LogP contribution in [-0.4, -0.2) is 32.7 Å². The summed E-state index contributed by atoms with van der Waals surface area (Å²) in [7, 11) is 5.30. The smallest absolute Gasteiger partial charge is 0.320 e. The van der Waals surface area contributed by atoms with Crippen LogP contribution in [0.15, 0.2) is 36.5 Å². The largest absolute Gasteiger partial charge is 0.496 e. The van der Waals surface area contributed by atoms with E-state index in [1.54, 1.807) is 29.7 Å². The van der Waals surface area contributed by atoms with E-state index in [0.717, 1.165) is 34.7 Å². The van der Waals surface area contributed by atoms with Crippen LogP contribution in [0.3, 0.4) is 0 Å². The number of hydrogen-bond acceptors (Lipinski definition) is 4. The molecule has 3 rings (SSSR count). The molecular weight excluding hydrogens is 356 g/mol. The SMILES string of the molecule is CCC(NC(=O)Nc1c(-c2ccccc2OC)c(C)nn1C)c1ccnn1C. The molecule has 0 fully saturated rings. The number of aromatic nitrogens is 4. The summed E-state index contributed by atoms with van der Waals surface area (Å²) < 4.78 is 8.93. The number of rotatable bonds is 6. The number of ether oxygens (including phenoxy) is 1. The van der Waals surface area contributed by atoms with Gasteiger partial charge in [0, 0.05) is 25.9 Å². The van der Waals surface area contributed by atoms with Gasteiger partial charge in [0.25, 0.3) is 0 Å². The number of carbonyl (C=O) groups is 1. The zero-order chi connectivity index (χ0) is 20.3. The minimum absolute atomic E-state index is 0.142. The van der Waals surface area contributed by atoms with Crippen molar-refractivity contribution in [3.63, 3.8) is 0 Å². The molecule has 0 saturated carbocycles. The molecular formula is C20H26N6O2. The van der Waals surface area contributed by atoms with Crippen molar-refractivity contribution in [1.82, 2.24) is 24.9 Å². The number of amides is 2. The first-order valence-electron chi connectivity index (χ1n) is 9.18. The standard InChI is InChI=1S/C20H26N6O2/c1-6-15(16-11-12-21-25(16)3)22-20(27)23-19-18(13(2)24-26(19)4)14-9-7-8-10-17(14)28-5/h7-12,15H,6H2,1-5H3,(H2,22,23,27). The molecule has 0 aliphatic rings. The lowest BCUT2D eigenvalue weighted by molar-refractivity contribution is 0.247. The van der Waals surface area contributed by atoms with Crippen LogP contribution in [0.2, 0.25) is 0 Å². The van der Waals surface area contributed by atoms with Crippen LogP contribution >= 0.6 is 0 Å². The van der Waals surface area contributed by atoms with Crippen LogP contribution in [0.25, 0.3) is 11.1 Å². The molecule has 1 atom stereocenters.